The maximum atomic E-state index is 12.5. The van der Waals surface area contributed by atoms with E-state index in [-0.39, 0.29) is 23.6 Å². The molecule has 2 aliphatic heterocycles. The minimum atomic E-state index is -0.361. The third-order valence-electron chi connectivity index (χ3n) is 8.86. The molecule has 0 spiro atoms. The number of carbonyl (C=O) groups is 4. The molecule has 10 nitrogen and oxygen atoms in total. The summed E-state index contributed by atoms with van der Waals surface area (Å²) in [7, 11) is 0. The quantitative estimate of drug-likeness (QED) is 0.105. The first-order chi connectivity index (χ1) is 23.4. The van der Waals surface area contributed by atoms with E-state index in [1.807, 2.05) is 0 Å². The van der Waals surface area contributed by atoms with E-state index in [2.05, 4.69) is 80.3 Å². The fraction of sp³-hybridized carbons (Fsp3) is 0.556. The molecule has 2 unspecified atom stereocenters. The summed E-state index contributed by atoms with van der Waals surface area (Å²) in [4.78, 5) is 49.0. The third-order valence-corrected chi connectivity index (χ3v) is 10.4. The highest BCUT2D eigenvalue weighted by Crippen LogP contribution is 2.28. The first-order valence-corrected chi connectivity index (χ1v) is 19.8. The van der Waals surface area contributed by atoms with Gasteiger partial charge in [0.25, 0.3) is 23.6 Å². The van der Waals surface area contributed by atoms with E-state index in [0.29, 0.717) is 56.8 Å². The lowest BCUT2D eigenvalue weighted by Gasteiger charge is -2.17. The van der Waals surface area contributed by atoms with Crippen LogP contribution in [0.3, 0.4) is 0 Å². The molecule has 2 aromatic heterocycles. The molecule has 0 bridgehead atoms. The number of halogens is 1. The van der Waals surface area contributed by atoms with Crippen molar-refractivity contribution in [2.24, 2.45) is 23.7 Å². The molecule has 4 amide bonds. The number of carbonyl (C=O) groups excluding carboxylic acids is 4. The molecule has 4 aromatic rings. The molecule has 49 heavy (non-hydrogen) atoms. The van der Waals surface area contributed by atoms with Crippen molar-refractivity contribution in [3.8, 4) is 0 Å². The molecule has 0 aliphatic carbocycles. The Hall–Kier alpha value is -3.16. The molecule has 0 radical (unpaired) electrons. The van der Waals surface area contributed by atoms with Crippen LogP contribution in [0, 0.1) is 23.7 Å². The molecule has 2 aliphatic rings. The van der Waals surface area contributed by atoms with Crippen LogP contribution in [0.2, 0.25) is 0 Å². The van der Waals surface area contributed by atoms with E-state index in [1.54, 1.807) is 24.3 Å². The van der Waals surface area contributed by atoms with Gasteiger partial charge >= 0.3 is 0 Å². The van der Waals surface area contributed by atoms with Gasteiger partial charge in [-0.25, -0.2) is 0 Å². The van der Waals surface area contributed by atoms with E-state index < -0.39 is 0 Å². The highest BCUT2D eigenvalue weighted by atomic mass is 79.9. The van der Waals surface area contributed by atoms with Gasteiger partial charge in [-0.3, -0.25) is 29.4 Å². The van der Waals surface area contributed by atoms with Gasteiger partial charge in [-0.05, 0) is 60.8 Å². The van der Waals surface area contributed by atoms with Crippen molar-refractivity contribution < 1.29 is 19.2 Å². The molecular formula is C36H47BrN6O4S2. The molecule has 0 fully saturated rings. The van der Waals surface area contributed by atoms with Crippen molar-refractivity contribution in [2.45, 2.75) is 92.9 Å². The average molecular weight is 772 g/mol. The Balaban J connectivity index is 0.000000183. The van der Waals surface area contributed by atoms with Crippen LogP contribution in [0.4, 0.5) is 0 Å². The van der Waals surface area contributed by atoms with Crippen LogP contribution in [0.25, 0.3) is 22.1 Å². The van der Waals surface area contributed by atoms with Crippen molar-refractivity contribution in [3.05, 3.63) is 46.5 Å². The van der Waals surface area contributed by atoms with Crippen molar-refractivity contribution >= 4 is 85.1 Å². The van der Waals surface area contributed by atoms with Crippen LogP contribution in [-0.2, 0) is 0 Å². The second-order valence-corrected chi connectivity index (χ2v) is 15.8. The van der Waals surface area contributed by atoms with Gasteiger partial charge in [0.15, 0.2) is 0 Å². The predicted octanol–water partition coefficient (Wildman–Crippen LogP) is 8.95. The molecule has 264 valence electrons. The molecule has 4 heterocycles. The Morgan fingerprint density at radius 2 is 0.980 bits per heavy atom. The fourth-order valence-corrected chi connectivity index (χ4v) is 7.59. The standard InChI is InChI=1S/C18H23N3O2S.C10H21Br.C8H3N3O2S/c1-11(2)5-4-6-12(3)7-8-21-17(22)13-9-15-16(20-24-19-15)10-14(13)18(21)23;1-9(2)5-4-6-10(3)7-8-11;12-7-3-1-5-6(11-14-10-5)2-4(3)8(13)9-7/h9-12H,4-8H2,1-3H3;9-10H,4-8H2,1-3H3;1-2H,(H,9,12,13). The Labute approximate surface area is 305 Å². The number of benzene rings is 2. The number of alkyl halides is 1. The average Bonchev–Trinajstić information content (AvgIpc) is 3.82. The van der Waals surface area contributed by atoms with Crippen LogP contribution < -0.4 is 5.32 Å². The number of fused-ring (bicyclic) bond motifs is 4. The topological polar surface area (TPSA) is 135 Å². The number of nitrogens with zero attached hydrogens (tertiary/aromatic N) is 5. The summed E-state index contributed by atoms with van der Waals surface area (Å²) in [6.07, 6.45) is 9.97. The lowest BCUT2D eigenvalue weighted by atomic mass is 9.97. The molecule has 2 atom stereocenters. The lowest BCUT2D eigenvalue weighted by molar-refractivity contribution is 0.0645. The Morgan fingerprint density at radius 1 is 0.592 bits per heavy atom. The second-order valence-electron chi connectivity index (χ2n) is 14.0. The normalized spacial score (nSPS) is 14.9. The van der Waals surface area contributed by atoms with Gasteiger partial charge < -0.3 is 0 Å². The molecule has 1 N–H and O–H groups in total. The summed E-state index contributed by atoms with van der Waals surface area (Å²) in [6, 6.07) is 6.57. The molecule has 0 saturated carbocycles. The molecule has 0 saturated heterocycles. The zero-order valence-corrected chi connectivity index (χ0v) is 32.5. The highest BCUT2D eigenvalue weighted by Gasteiger charge is 2.36. The predicted molar refractivity (Wildman–Crippen MR) is 201 cm³/mol. The minimum absolute atomic E-state index is 0.195. The summed E-state index contributed by atoms with van der Waals surface area (Å²) in [5.74, 6) is 1.92. The SMILES string of the molecule is CC(C)CCCC(C)CCBr.CC(C)CCCC(C)CCN1C(=O)c2cc3nsnc3cc2C1=O.O=C1NC(=O)c2cc3nsnc3cc21. The summed E-state index contributed by atoms with van der Waals surface area (Å²) in [5.41, 5.74) is 4.37. The first-order valence-electron chi connectivity index (χ1n) is 17.2. The number of imide groups is 2. The van der Waals surface area contributed by atoms with Crippen LogP contribution >= 0.6 is 39.4 Å². The third kappa shape index (κ3) is 10.4. The lowest BCUT2D eigenvalue weighted by Crippen LogP contribution is -2.31. The van der Waals surface area contributed by atoms with Gasteiger partial charge in [-0.1, -0.05) is 96.0 Å². The number of hydrogen-bond acceptors (Lipinski definition) is 10. The maximum absolute atomic E-state index is 12.5. The first kappa shape index (κ1) is 38.6. The number of amides is 4. The summed E-state index contributed by atoms with van der Waals surface area (Å²) >= 11 is 5.63. The van der Waals surface area contributed by atoms with Gasteiger partial charge in [0.1, 0.15) is 22.1 Å². The van der Waals surface area contributed by atoms with E-state index in [9.17, 15) is 19.2 Å². The van der Waals surface area contributed by atoms with Crippen molar-refractivity contribution in [1.82, 2.24) is 27.7 Å². The van der Waals surface area contributed by atoms with E-state index in [0.717, 1.165) is 59.4 Å². The summed E-state index contributed by atoms with van der Waals surface area (Å²) in [5, 5.41) is 3.38. The van der Waals surface area contributed by atoms with Gasteiger partial charge in [0.2, 0.25) is 0 Å². The van der Waals surface area contributed by atoms with Gasteiger partial charge in [0.05, 0.1) is 45.7 Å². The molecule has 2 aromatic carbocycles. The summed E-state index contributed by atoms with van der Waals surface area (Å²) < 4.78 is 16.3. The van der Waals surface area contributed by atoms with Crippen molar-refractivity contribution in [2.75, 3.05) is 11.9 Å². The highest BCUT2D eigenvalue weighted by molar-refractivity contribution is 9.09. The van der Waals surface area contributed by atoms with Gasteiger partial charge in [0, 0.05) is 11.9 Å². The number of nitrogens with one attached hydrogen (secondary N) is 1. The number of hydrogen-bond donors (Lipinski definition) is 1. The van der Waals surface area contributed by atoms with Crippen LogP contribution in [0.5, 0.6) is 0 Å². The Morgan fingerprint density at radius 3 is 1.37 bits per heavy atom. The minimum Gasteiger partial charge on any atom is -0.288 e. The fourth-order valence-electron chi connectivity index (χ4n) is 5.79. The van der Waals surface area contributed by atoms with Crippen LogP contribution in [-0.4, -0.2) is 57.9 Å². The van der Waals surface area contributed by atoms with Gasteiger partial charge in [-0.15, -0.1) is 0 Å². The number of aromatic nitrogens is 4. The Bertz CT molecular complexity index is 1670. The zero-order valence-electron chi connectivity index (χ0n) is 29.3. The zero-order chi connectivity index (χ0) is 35.7. The smallest absolute Gasteiger partial charge is 0.261 e. The molecule has 13 heteroatoms. The molecule has 6 rings (SSSR count). The van der Waals surface area contributed by atoms with Crippen molar-refractivity contribution in [1.29, 1.82) is 0 Å². The largest absolute Gasteiger partial charge is 0.288 e. The van der Waals surface area contributed by atoms with Gasteiger partial charge in [-0.2, -0.15) is 17.5 Å². The second kappa shape index (κ2) is 18.2. The molecular weight excluding hydrogens is 724 g/mol. The number of rotatable bonds is 13. The van der Waals surface area contributed by atoms with Crippen LogP contribution in [0.15, 0.2) is 24.3 Å². The van der Waals surface area contributed by atoms with Crippen LogP contribution in [0.1, 0.15) is 134 Å². The van der Waals surface area contributed by atoms with E-state index in [4.69, 9.17) is 0 Å². The van der Waals surface area contributed by atoms with Crippen molar-refractivity contribution in [3.63, 3.8) is 0 Å². The Kier molecular flexibility index (Phi) is 14.3. The van der Waals surface area contributed by atoms with E-state index >= 15 is 0 Å². The summed E-state index contributed by atoms with van der Waals surface area (Å²) in [6.45, 7) is 14.1. The van der Waals surface area contributed by atoms with E-state index in [1.165, 1.54) is 43.4 Å². The maximum Gasteiger partial charge on any atom is 0.261 e. The monoisotopic (exact) mass is 770 g/mol.